The fourth-order valence-corrected chi connectivity index (χ4v) is 3.65. The van der Waals surface area contributed by atoms with Gasteiger partial charge in [-0.2, -0.15) is 0 Å². The zero-order valence-electron chi connectivity index (χ0n) is 14.2. The summed E-state index contributed by atoms with van der Waals surface area (Å²) in [5.74, 6) is -0.781. The molecule has 0 unspecified atom stereocenters. The van der Waals surface area contributed by atoms with Crippen molar-refractivity contribution in [3.05, 3.63) is 40.2 Å². The second-order valence-electron chi connectivity index (χ2n) is 5.31. The molecule has 0 aliphatic carbocycles. The number of nitrogens with zero attached hydrogens (tertiary/aromatic N) is 2. The molecule has 1 fully saturated rings. The number of imide groups is 1. The van der Waals surface area contributed by atoms with E-state index in [1.54, 1.807) is 24.4 Å². The number of carbonyl (C=O) groups is 3. The van der Waals surface area contributed by atoms with Crippen LogP contribution in [0.4, 0.5) is 9.93 Å². The SMILES string of the molecule is CCOc1cc(/C=C2\SC(=O)N(CC(=O)Nc3nccs3)C2=O)ccc1O. The Morgan fingerprint density at radius 3 is 2.93 bits per heavy atom. The zero-order chi connectivity index (χ0) is 19.4. The number of aromatic nitrogens is 1. The lowest BCUT2D eigenvalue weighted by Gasteiger charge is -2.11. The maximum Gasteiger partial charge on any atom is 0.294 e. The fourth-order valence-electron chi connectivity index (χ4n) is 2.27. The van der Waals surface area contributed by atoms with E-state index in [0.29, 0.717) is 17.3 Å². The van der Waals surface area contributed by atoms with E-state index in [-0.39, 0.29) is 22.9 Å². The van der Waals surface area contributed by atoms with Crippen LogP contribution in [0.5, 0.6) is 11.5 Å². The van der Waals surface area contributed by atoms with Crippen LogP contribution >= 0.6 is 23.1 Å². The first kappa shape index (κ1) is 18.9. The van der Waals surface area contributed by atoms with Crippen LogP contribution in [0.15, 0.2) is 34.7 Å². The van der Waals surface area contributed by atoms with E-state index in [1.807, 2.05) is 0 Å². The average Bonchev–Trinajstić information content (AvgIpc) is 3.22. The van der Waals surface area contributed by atoms with Crippen molar-refractivity contribution in [2.75, 3.05) is 18.5 Å². The van der Waals surface area contributed by atoms with Crippen molar-refractivity contribution in [1.29, 1.82) is 0 Å². The Hall–Kier alpha value is -2.85. The molecule has 1 aromatic carbocycles. The van der Waals surface area contributed by atoms with Crippen molar-refractivity contribution in [2.45, 2.75) is 6.92 Å². The van der Waals surface area contributed by atoms with Gasteiger partial charge in [-0.05, 0) is 42.5 Å². The second-order valence-corrected chi connectivity index (χ2v) is 7.20. The Labute approximate surface area is 162 Å². The van der Waals surface area contributed by atoms with E-state index in [9.17, 15) is 19.5 Å². The lowest BCUT2D eigenvalue weighted by Crippen LogP contribution is -2.36. The molecule has 27 heavy (non-hydrogen) atoms. The number of nitrogens with one attached hydrogen (secondary N) is 1. The van der Waals surface area contributed by atoms with Crippen LogP contribution < -0.4 is 10.1 Å². The lowest BCUT2D eigenvalue weighted by molar-refractivity contribution is -0.127. The van der Waals surface area contributed by atoms with Crippen molar-refractivity contribution < 1.29 is 24.2 Å². The summed E-state index contributed by atoms with van der Waals surface area (Å²) in [5, 5.41) is 13.8. The van der Waals surface area contributed by atoms with Gasteiger partial charge in [0.05, 0.1) is 11.5 Å². The summed E-state index contributed by atoms with van der Waals surface area (Å²) >= 11 is 1.99. The van der Waals surface area contributed by atoms with Crippen molar-refractivity contribution in [3.8, 4) is 11.5 Å². The zero-order valence-corrected chi connectivity index (χ0v) is 15.8. The van der Waals surface area contributed by atoms with Gasteiger partial charge < -0.3 is 15.2 Å². The number of benzene rings is 1. The minimum atomic E-state index is -0.551. The smallest absolute Gasteiger partial charge is 0.294 e. The van der Waals surface area contributed by atoms with Crippen LogP contribution in [0, 0.1) is 0 Å². The minimum Gasteiger partial charge on any atom is -0.504 e. The number of aromatic hydroxyl groups is 1. The number of phenols is 1. The third kappa shape index (κ3) is 4.47. The van der Waals surface area contributed by atoms with Crippen LogP contribution in [0.1, 0.15) is 12.5 Å². The first-order valence-electron chi connectivity index (χ1n) is 7.88. The molecule has 0 spiro atoms. The summed E-state index contributed by atoms with van der Waals surface area (Å²) in [6.45, 7) is 1.78. The lowest BCUT2D eigenvalue weighted by atomic mass is 10.2. The van der Waals surface area contributed by atoms with E-state index in [0.717, 1.165) is 16.7 Å². The van der Waals surface area contributed by atoms with Crippen molar-refractivity contribution in [3.63, 3.8) is 0 Å². The van der Waals surface area contributed by atoms with Gasteiger partial charge in [0.15, 0.2) is 16.6 Å². The van der Waals surface area contributed by atoms with Gasteiger partial charge in [0, 0.05) is 11.6 Å². The maximum atomic E-state index is 12.5. The molecule has 2 aromatic rings. The van der Waals surface area contributed by atoms with Gasteiger partial charge in [-0.1, -0.05) is 6.07 Å². The summed E-state index contributed by atoms with van der Waals surface area (Å²) in [7, 11) is 0. The van der Waals surface area contributed by atoms with Gasteiger partial charge in [0.1, 0.15) is 6.54 Å². The second kappa shape index (κ2) is 8.23. The number of amides is 3. The molecule has 1 aromatic heterocycles. The number of rotatable bonds is 6. The third-order valence-corrected chi connectivity index (χ3v) is 5.03. The molecule has 8 nitrogen and oxygen atoms in total. The molecule has 0 bridgehead atoms. The first-order valence-corrected chi connectivity index (χ1v) is 9.58. The highest BCUT2D eigenvalue weighted by Crippen LogP contribution is 2.34. The standard InChI is InChI=1S/C17H15N3O5S2/c1-2-25-12-7-10(3-4-11(12)21)8-13-15(23)20(17(24)27-13)9-14(22)19-16-18-5-6-26-16/h3-8,21H,2,9H2,1H3,(H,18,19,22)/b13-8-. The molecule has 0 saturated carbocycles. The Morgan fingerprint density at radius 2 is 2.22 bits per heavy atom. The fraction of sp³-hybridized carbons (Fsp3) is 0.176. The molecule has 1 aliphatic rings. The highest BCUT2D eigenvalue weighted by Gasteiger charge is 2.36. The molecule has 3 amide bonds. The molecule has 140 valence electrons. The van der Waals surface area contributed by atoms with Crippen molar-refractivity contribution in [1.82, 2.24) is 9.88 Å². The molecule has 0 radical (unpaired) electrons. The molecule has 3 rings (SSSR count). The highest BCUT2D eigenvalue weighted by atomic mass is 32.2. The van der Waals surface area contributed by atoms with Gasteiger partial charge in [-0.15, -0.1) is 11.3 Å². The molecule has 2 N–H and O–H groups in total. The molecular formula is C17H15N3O5S2. The first-order chi connectivity index (χ1) is 13.0. The molecule has 2 heterocycles. The number of thiazole rings is 1. The summed E-state index contributed by atoms with van der Waals surface area (Å²) < 4.78 is 5.31. The summed E-state index contributed by atoms with van der Waals surface area (Å²) in [4.78, 5) is 41.6. The topological polar surface area (TPSA) is 109 Å². The number of anilines is 1. The normalized spacial score (nSPS) is 15.4. The monoisotopic (exact) mass is 405 g/mol. The average molecular weight is 405 g/mol. The van der Waals surface area contributed by atoms with Crippen LogP contribution in [-0.4, -0.2) is 45.2 Å². The Bertz CT molecular complexity index is 911. The number of ether oxygens (including phenoxy) is 1. The van der Waals surface area contributed by atoms with Crippen molar-refractivity contribution in [2.24, 2.45) is 0 Å². The van der Waals surface area contributed by atoms with Crippen LogP contribution in [0.25, 0.3) is 6.08 Å². The van der Waals surface area contributed by atoms with E-state index >= 15 is 0 Å². The Morgan fingerprint density at radius 1 is 1.41 bits per heavy atom. The highest BCUT2D eigenvalue weighted by molar-refractivity contribution is 8.18. The molecular weight excluding hydrogens is 390 g/mol. The minimum absolute atomic E-state index is 0.0130. The van der Waals surface area contributed by atoms with E-state index in [2.05, 4.69) is 10.3 Å². The van der Waals surface area contributed by atoms with E-state index in [4.69, 9.17) is 4.74 Å². The van der Waals surface area contributed by atoms with Crippen molar-refractivity contribution >= 4 is 51.4 Å². The Balaban J connectivity index is 1.72. The number of hydrogen-bond donors (Lipinski definition) is 2. The van der Waals surface area contributed by atoms with Gasteiger partial charge in [0.2, 0.25) is 5.91 Å². The summed E-state index contributed by atoms with van der Waals surface area (Å²) in [5.41, 5.74) is 0.592. The third-order valence-electron chi connectivity index (χ3n) is 3.44. The quantitative estimate of drug-likeness (QED) is 0.711. The molecule has 1 aliphatic heterocycles. The summed E-state index contributed by atoms with van der Waals surface area (Å²) in [6, 6.07) is 4.62. The van der Waals surface area contributed by atoms with E-state index < -0.39 is 17.1 Å². The largest absolute Gasteiger partial charge is 0.504 e. The molecule has 1 saturated heterocycles. The molecule has 10 heteroatoms. The van der Waals surface area contributed by atoms with Gasteiger partial charge >= 0.3 is 0 Å². The number of hydrogen-bond acceptors (Lipinski definition) is 8. The predicted octanol–water partition coefficient (Wildman–Crippen LogP) is 2.92. The van der Waals surface area contributed by atoms with Gasteiger partial charge in [0.25, 0.3) is 11.1 Å². The number of thioether (sulfide) groups is 1. The van der Waals surface area contributed by atoms with Gasteiger partial charge in [-0.25, -0.2) is 4.98 Å². The predicted molar refractivity (Wildman–Crippen MR) is 103 cm³/mol. The van der Waals surface area contributed by atoms with E-state index in [1.165, 1.54) is 29.7 Å². The number of phenolic OH excluding ortho intramolecular Hbond substituents is 1. The van der Waals surface area contributed by atoms with Crippen LogP contribution in [0.2, 0.25) is 0 Å². The molecule has 0 atom stereocenters. The van der Waals surface area contributed by atoms with Crippen LogP contribution in [0.3, 0.4) is 0 Å². The summed E-state index contributed by atoms with van der Waals surface area (Å²) in [6.07, 6.45) is 3.06. The number of carbonyl (C=O) groups excluding carboxylic acids is 3. The maximum absolute atomic E-state index is 12.5. The Kier molecular flexibility index (Phi) is 5.77. The van der Waals surface area contributed by atoms with Crippen LogP contribution in [-0.2, 0) is 9.59 Å². The van der Waals surface area contributed by atoms with Gasteiger partial charge in [-0.3, -0.25) is 19.3 Å².